The molecule has 1 amide bonds. The number of rotatable bonds is 5. The van der Waals surface area contributed by atoms with Crippen LogP contribution in [0.2, 0.25) is 0 Å². The maximum atomic E-state index is 13.5. The van der Waals surface area contributed by atoms with Crippen LogP contribution in [0.1, 0.15) is 29.6 Å². The van der Waals surface area contributed by atoms with Crippen molar-refractivity contribution in [2.24, 2.45) is 0 Å². The minimum Gasteiger partial charge on any atom is -0.366 e. The smallest absolute Gasteiger partial charge is 0.293 e. The highest BCUT2D eigenvalue weighted by molar-refractivity contribution is 7.89. The number of amides is 1. The molecule has 2 aromatic carbocycles. The highest BCUT2D eigenvalue weighted by Crippen LogP contribution is 2.32. The number of sulfonamides is 1. The maximum absolute atomic E-state index is 13.5. The molecule has 2 heterocycles. The maximum Gasteiger partial charge on any atom is 0.293 e. The van der Waals surface area contributed by atoms with Gasteiger partial charge >= 0.3 is 0 Å². The number of nitro groups is 1. The van der Waals surface area contributed by atoms with Gasteiger partial charge in [0, 0.05) is 50.9 Å². The number of hydrogen-bond donors (Lipinski definition) is 0. The first-order valence-electron chi connectivity index (χ1n) is 10.9. The van der Waals surface area contributed by atoms with Crippen LogP contribution in [0.3, 0.4) is 0 Å². The molecule has 9 nitrogen and oxygen atoms in total. The molecule has 176 valence electrons. The zero-order chi connectivity index (χ0) is 23.6. The monoisotopic (exact) mass is 476 g/mol. The molecule has 0 atom stereocenters. The van der Waals surface area contributed by atoms with Crippen molar-refractivity contribution in [3.8, 4) is 0 Å². The summed E-state index contributed by atoms with van der Waals surface area (Å²) in [7, 11) is -3.87. The number of nitrogens with zero attached hydrogens (tertiary/aromatic N) is 4. The topological polar surface area (TPSA) is 104 Å². The Hall–Kier alpha value is -3.05. The van der Waals surface area contributed by atoms with E-state index in [2.05, 4.69) is 0 Å². The second-order valence-electron chi connectivity index (χ2n) is 8.16. The van der Waals surface area contributed by atoms with Gasteiger partial charge in [0.15, 0.2) is 0 Å². The summed E-state index contributed by atoms with van der Waals surface area (Å²) in [5, 5.41) is 11.7. The van der Waals surface area contributed by atoms with Gasteiger partial charge in [-0.05, 0) is 49.6 Å². The van der Waals surface area contributed by atoms with Crippen LogP contribution in [0.25, 0.3) is 0 Å². The molecule has 4 rings (SSSR count). The van der Waals surface area contributed by atoms with E-state index in [1.165, 1.54) is 33.5 Å². The van der Waals surface area contributed by atoms with Crippen LogP contribution in [-0.4, -0.2) is 67.7 Å². The Kier molecular flexibility index (Phi) is 6.61. The van der Waals surface area contributed by atoms with Crippen LogP contribution in [0.4, 0.5) is 15.8 Å². The molecule has 0 unspecified atom stereocenters. The third-order valence-corrected chi connectivity index (χ3v) is 7.97. The number of carbonyl (C=O) groups excluding carboxylic acids is 1. The lowest BCUT2D eigenvalue weighted by Crippen LogP contribution is -2.50. The van der Waals surface area contributed by atoms with E-state index in [9.17, 15) is 27.7 Å². The van der Waals surface area contributed by atoms with Gasteiger partial charge in [-0.15, -0.1) is 0 Å². The molecule has 11 heteroatoms. The fraction of sp³-hybridized carbons (Fsp3) is 0.409. The van der Waals surface area contributed by atoms with E-state index in [1.807, 2.05) is 4.90 Å². The fourth-order valence-electron chi connectivity index (χ4n) is 4.30. The Balaban J connectivity index is 1.47. The molecule has 0 saturated carbocycles. The van der Waals surface area contributed by atoms with E-state index in [4.69, 9.17) is 0 Å². The van der Waals surface area contributed by atoms with Crippen molar-refractivity contribution in [3.63, 3.8) is 0 Å². The molecule has 2 aliphatic heterocycles. The van der Waals surface area contributed by atoms with Crippen molar-refractivity contribution in [2.75, 3.05) is 44.2 Å². The lowest BCUT2D eigenvalue weighted by atomic mass is 10.1. The largest absolute Gasteiger partial charge is 0.366 e. The van der Waals surface area contributed by atoms with E-state index < -0.39 is 20.8 Å². The van der Waals surface area contributed by atoms with Crippen molar-refractivity contribution < 1.29 is 22.5 Å². The summed E-state index contributed by atoms with van der Waals surface area (Å²) < 4.78 is 40.2. The van der Waals surface area contributed by atoms with Crippen molar-refractivity contribution in [2.45, 2.75) is 24.2 Å². The standard InChI is InChI=1S/C22H25FN4O5S/c23-18-5-4-6-19(16-18)33(31,32)26-13-11-25(12-14-26)22(28)17-7-8-20(21(15-17)27(29)30)24-9-2-1-3-10-24/h4-8,15-16H,1-3,9-14H2. The lowest BCUT2D eigenvalue weighted by Gasteiger charge is -2.34. The van der Waals surface area contributed by atoms with Crippen LogP contribution in [0.15, 0.2) is 47.4 Å². The second kappa shape index (κ2) is 9.44. The molecule has 0 bridgehead atoms. The first-order chi connectivity index (χ1) is 15.8. The van der Waals surface area contributed by atoms with Gasteiger partial charge < -0.3 is 9.80 Å². The Morgan fingerprint density at radius 1 is 0.939 bits per heavy atom. The van der Waals surface area contributed by atoms with E-state index in [1.54, 1.807) is 12.1 Å². The van der Waals surface area contributed by atoms with E-state index in [0.717, 1.165) is 38.4 Å². The van der Waals surface area contributed by atoms with E-state index in [0.29, 0.717) is 5.69 Å². The van der Waals surface area contributed by atoms with Crippen molar-refractivity contribution >= 4 is 27.3 Å². The summed E-state index contributed by atoms with van der Waals surface area (Å²) in [6, 6.07) is 9.33. The third kappa shape index (κ3) is 4.83. The number of carbonyl (C=O) groups is 1. The van der Waals surface area contributed by atoms with Crippen molar-refractivity contribution in [1.29, 1.82) is 0 Å². The fourth-order valence-corrected chi connectivity index (χ4v) is 5.75. The molecule has 2 fully saturated rings. The Morgan fingerprint density at radius 2 is 1.64 bits per heavy atom. The molecule has 0 radical (unpaired) electrons. The van der Waals surface area contributed by atoms with E-state index >= 15 is 0 Å². The first kappa shape index (κ1) is 23.1. The Labute approximate surface area is 191 Å². The summed E-state index contributed by atoms with van der Waals surface area (Å²) >= 11 is 0. The van der Waals surface area contributed by atoms with Crippen LogP contribution in [0.5, 0.6) is 0 Å². The van der Waals surface area contributed by atoms with Crippen LogP contribution in [-0.2, 0) is 10.0 Å². The van der Waals surface area contributed by atoms with Gasteiger partial charge in [0.1, 0.15) is 11.5 Å². The van der Waals surface area contributed by atoms with Crippen molar-refractivity contribution in [3.05, 3.63) is 64.0 Å². The SMILES string of the molecule is O=C(c1ccc(N2CCCCC2)c([N+](=O)[O-])c1)N1CCN(S(=O)(=O)c2cccc(F)c2)CC1. The minimum atomic E-state index is -3.87. The number of hydrogen-bond acceptors (Lipinski definition) is 6. The summed E-state index contributed by atoms with van der Waals surface area (Å²) in [6.45, 7) is 1.87. The summed E-state index contributed by atoms with van der Waals surface area (Å²) in [5.74, 6) is -1.02. The summed E-state index contributed by atoms with van der Waals surface area (Å²) in [4.78, 5) is 27.5. The number of benzene rings is 2. The minimum absolute atomic E-state index is 0.0541. The van der Waals surface area contributed by atoms with Gasteiger partial charge in [0.25, 0.3) is 11.6 Å². The molecule has 0 aliphatic carbocycles. The zero-order valence-electron chi connectivity index (χ0n) is 18.0. The quantitative estimate of drug-likeness (QED) is 0.486. The third-order valence-electron chi connectivity index (χ3n) is 6.08. The van der Waals surface area contributed by atoms with Crippen LogP contribution < -0.4 is 4.90 Å². The van der Waals surface area contributed by atoms with E-state index in [-0.39, 0.29) is 48.2 Å². The van der Waals surface area contributed by atoms with Gasteiger partial charge in [0.2, 0.25) is 10.0 Å². The molecular formula is C22H25FN4O5S. The molecule has 2 aliphatic rings. The van der Waals surface area contributed by atoms with Gasteiger partial charge in [-0.2, -0.15) is 4.31 Å². The summed E-state index contributed by atoms with van der Waals surface area (Å²) in [6.07, 6.45) is 3.04. The average Bonchev–Trinajstić information content (AvgIpc) is 2.84. The zero-order valence-corrected chi connectivity index (χ0v) is 18.8. The van der Waals surface area contributed by atoms with Gasteiger partial charge in [0.05, 0.1) is 9.82 Å². The number of anilines is 1. The van der Waals surface area contributed by atoms with Crippen LogP contribution in [0, 0.1) is 15.9 Å². The van der Waals surface area contributed by atoms with Gasteiger partial charge in [-0.25, -0.2) is 12.8 Å². The second-order valence-corrected chi connectivity index (χ2v) is 10.1. The molecule has 33 heavy (non-hydrogen) atoms. The highest BCUT2D eigenvalue weighted by atomic mass is 32.2. The van der Waals surface area contributed by atoms with Crippen molar-refractivity contribution in [1.82, 2.24) is 9.21 Å². The van der Waals surface area contributed by atoms with Gasteiger partial charge in [-0.1, -0.05) is 6.07 Å². The molecule has 0 N–H and O–H groups in total. The summed E-state index contributed by atoms with van der Waals surface area (Å²) in [5.41, 5.74) is 0.612. The average molecular weight is 477 g/mol. The molecular weight excluding hydrogens is 451 g/mol. The van der Waals surface area contributed by atoms with Crippen LogP contribution >= 0.6 is 0 Å². The molecule has 2 saturated heterocycles. The first-order valence-corrected chi connectivity index (χ1v) is 12.3. The number of piperazine rings is 1. The lowest BCUT2D eigenvalue weighted by molar-refractivity contribution is -0.384. The van der Waals surface area contributed by atoms with Gasteiger partial charge in [-0.3, -0.25) is 14.9 Å². The number of halogens is 1. The molecule has 2 aromatic rings. The normalized spacial score (nSPS) is 17.7. The number of nitro benzene ring substituents is 1. The highest BCUT2D eigenvalue weighted by Gasteiger charge is 2.31. The Bertz CT molecular complexity index is 1160. The molecule has 0 aromatic heterocycles. The predicted octanol–water partition coefficient (Wildman–Crippen LogP) is 2.87. The Morgan fingerprint density at radius 3 is 2.27 bits per heavy atom. The predicted molar refractivity (Wildman–Crippen MR) is 120 cm³/mol. The number of piperidine rings is 1. The molecule has 0 spiro atoms.